The fourth-order valence-electron chi connectivity index (χ4n) is 2.18. The third-order valence-corrected chi connectivity index (χ3v) is 3.32. The Morgan fingerprint density at radius 2 is 1.83 bits per heavy atom. The lowest BCUT2D eigenvalue weighted by atomic mass is 10.2. The van der Waals surface area contributed by atoms with Crippen LogP contribution in [-0.4, -0.2) is 17.0 Å². The standard InChI is InChI=1S/C16H10F2N2O4/c1-23-10-2-3-11-14(8-10)19-5-4-15(11)24-16-12(17)6-9(20(21)22)7-13(16)18/h2-8H,1H3. The topological polar surface area (TPSA) is 74.5 Å². The molecule has 0 atom stereocenters. The molecular formula is C16H10F2N2O4. The third-order valence-electron chi connectivity index (χ3n) is 3.32. The summed E-state index contributed by atoms with van der Waals surface area (Å²) in [6, 6.07) is 7.58. The summed E-state index contributed by atoms with van der Waals surface area (Å²) < 4.78 is 38.3. The lowest BCUT2D eigenvalue weighted by molar-refractivity contribution is -0.385. The number of nitro benzene ring substituents is 1. The Labute approximate surface area is 134 Å². The second-order valence-corrected chi connectivity index (χ2v) is 4.79. The Balaban J connectivity index is 2.06. The van der Waals surface area contributed by atoms with Crippen molar-refractivity contribution in [3.05, 3.63) is 64.3 Å². The highest BCUT2D eigenvalue weighted by Crippen LogP contribution is 2.34. The highest BCUT2D eigenvalue weighted by Gasteiger charge is 2.19. The van der Waals surface area contributed by atoms with Gasteiger partial charge in [0.25, 0.3) is 5.69 Å². The molecule has 8 heteroatoms. The summed E-state index contributed by atoms with van der Waals surface area (Å²) in [6.45, 7) is 0. The zero-order valence-electron chi connectivity index (χ0n) is 12.3. The summed E-state index contributed by atoms with van der Waals surface area (Å²) in [5.41, 5.74) is -0.184. The molecule has 0 aliphatic rings. The number of nitro groups is 1. The van der Waals surface area contributed by atoms with E-state index in [0.29, 0.717) is 28.8 Å². The maximum absolute atomic E-state index is 14.0. The molecule has 24 heavy (non-hydrogen) atoms. The highest BCUT2D eigenvalue weighted by atomic mass is 19.1. The number of non-ortho nitro benzene ring substituents is 1. The fraction of sp³-hybridized carbons (Fsp3) is 0.0625. The van der Waals surface area contributed by atoms with Crippen LogP contribution in [0.3, 0.4) is 0 Å². The van der Waals surface area contributed by atoms with Crippen molar-refractivity contribution in [2.45, 2.75) is 0 Å². The predicted molar refractivity (Wildman–Crippen MR) is 81.4 cm³/mol. The number of nitrogens with zero attached hydrogens (tertiary/aromatic N) is 2. The number of pyridine rings is 1. The Morgan fingerprint density at radius 1 is 1.12 bits per heavy atom. The normalized spacial score (nSPS) is 10.6. The van der Waals surface area contributed by atoms with Crippen molar-refractivity contribution in [1.29, 1.82) is 0 Å². The first-order chi connectivity index (χ1) is 11.5. The zero-order chi connectivity index (χ0) is 17.3. The van der Waals surface area contributed by atoms with Crippen LogP contribution in [0.1, 0.15) is 0 Å². The van der Waals surface area contributed by atoms with Gasteiger partial charge in [-0.2, -0.15) is 0 Å². The monoisotopic (exact) mass is 332 g/mol. The first-order valence-corrected chi connectivity index (χ1v) is 6.73. The van der Waals surface area contributed by atoms with E-state index in [1.165, 1.54) is 19.4 Å². The van der Waals surface area contributed by atoms with Gasteiger partial charge in [-0.25, -0.2) is 8.78 Å². The number of rotatable bonds is 4. The van der Waals surface area contributed by atoms with E-state index in [1.807, 2.05) is 0 Å². The molecule has 0 N–H and O–H groups in total. The number of fused-ring (bicyclic) bond motifs is 1. The van der Waals surface area contributed by atoms with Gasteiger partial charge in [-0.15, -0.1) is 0 Å². The van der Waals surface area contributed by atoms with E-state index < -0.39 is 28.0 Å². The second-order valence-electron chi connectivity index (χ2n) is 4.79. The van der Waals surface area contributed by atoms with Crippen LogP contribution in [0.5, 0.6) is 17.2 Å². The van der Waals surface area contributed by atoms with E-state index in [4.69, 9.17) is 9.47 Å². The zero-order valence-corrected chi connectivity index (χ0v) is 12.3. The molecule has 1 aromatic heterocycles. The molecular weight excluding hydrogens is 322 g/mol. The minimum atomic E-state index is -1.17. The van der Waals surface area contributed by atoms with Crippen LogP contribution in [0.2, 0.25) is 0 Å². The van der Waals surface area contributed by atoms with Crippen LogP contribution >= 0.6 is 0 Å². The van der Waals surface area contributed by atoms with Gasteiger partial charge in [0, 0.05) is 17.6 Å². The molecule has 0 aliphatic heterocycles. The van der Waals surface area contributed by atoms with Crippen LogP contribution < -0.4 is 9.47 Å². The number of benzene rings is 2. The Kier molecular flexibility index (Phi) is 3.95. The van der Waals surface area contributed by atoms with E-state index >= 15 is 0 Å². The van der Waals surface area contributed by atoms with Crippen molar-refractivity contribution in [3.8, 4) is 17.2 Å². The van der Waals surface area contributed by atoms with E-state index in [-0.39, 0.29) is 5.75 Å². The molecule has 6 nitrogen and oxygen atoms in total. The van der Waals surface area contributed by atoms with E-state index in [0.717, 1.165) is 0 Å². The van der Waals surface area contributed by atoms with Gasteiger partial charge in [0.05, 0.1) is 29.7 Å². The van der Waals surface area contributed by atoms with E-state index in [2.05, 4.69) is 4.98 Å². The fourth-order valence-corrected chi connectivity index (χ4v) is 2.18. The molecule has 0 saturated carbocycles. The van der Waals surface area contributed by atoms with Gasteiger partial charge in [-0.3, -0.25) is 15.1 Å². The van der Waals surface area contributed by atoms with Crippen LogP contribution in [0.15, 0.2) is 42.6 Å². The van der Waals surface area contributed by atoms with E-state index in [1.54, 1.807) is 18.2 Å². The Morgan fingerprint density at radius 3 is 2.46 bits per heavy atom. The van der Waals surface area contributed by atoms with Crippen molar-refractivity contribution >= 4 is 16.6 Å². The van der Waals surface area contributed by atoms with Crippen LogP contribution in [-0.2, 0) is 0 Å². The van der Waals surface area contributed by atoms with Crippen molar-refractivity contribution in [2.75, 3.05) is 7.11 Å². The molecule has 0 amide bonds. The Hall–Kier alpha value is -3.29. The van der Waals surface area contributed by atoms with Gasteiger partial charge in [-0.05, 0) is 18.2 Å². The average molecular weight is 332 g/mol. The number of halogens is 2. The summed E-state index contributed by atoms with van der Waals surface area (Å²) in [4.78, 5) is 13.9. The molecule has 122 valence electrons. The predicted octanol–water partition coefficient (Wildman–Crippen LogP) is 4.22. The average Bonchev–Trinajstić information content (AvgIpc) is 2.57. The first kappa shape index (κ1) is 15.6. The van der Waals surface area contributed by atoms with Crippen LogP contribution in [0, 0.1) is 21.7 Å². The summed E-state index contributed by atoms with van der Waals surface area (Å²) in [5.74, 6) is -2.32. The minimum absolute atomic E-state index is 0.161. The van der Waals surface area contributed by atoms with Gasteiger partial charge in [0.1, 0.15) is 11.5 Å². The Bertz CT molecular complexity index is 924. The first-order valence-electron chi connectivity index (χ1n) is 6.73. The number of hydrogen-bond acceptors (Lipinski definition) is 5. The molecule has 2 aromatic carbocycles. The lowest BCUT2D eigenvalue weighted by Crippen LogP contribution is -1.97. The minimum Gasteiger partial charge on any atom is -0.497 e. The number of hydrogen-bond donors (Lipinski definition) is 0. The summed E-state index contributed by atoms with van der Waals surface area (Å²) in [6.07, 6.45) is 1.41. The maximum atomic E-state index is 14.0. The third kappa shape index (κ3) is 2.81. The van der Waals surface area contributed by atoms with Gasteiger partial charge >= 0.3 is 0 Å². The molecule has 0 aliphatic carbocycles. The molecule has 0 unspecified atom stereocenters. The highest BCUT2D eigenvalue weighted by molar-refractivity contribution is 5.86. The van der Waals surface area contributed by atoms with Crippen molar-refractivity contribution in [2.24, 2.45) is 0 Å². The maximum Gasteiger partial charge on any atom is 0.275 e. The quantitative estimate of drug-likeness (QED) is 0.528. The summed E-state index contributed by atoms with van der Waals surface area (Å²) >= 11 is 0. The SMILES string of the molecule is COc1ccc2c(Oc3c(F)cc([N+](=O)[O-])cc3F)ccnc2c1. The van der Waals surface area contributed by atoms with Gasteiger partial charge < -0.3 is 9.47 Å². The van der Waals surface area contributed by atoms with Crippen LogP contribution in [0.25, 0.3) is 10.9 Å². The van der Waals surface area contributed by atoms with Gasteiger partial charge in [-0.1, -0.05) is 0 Å². The largest absolute Gasteiger partial charge is 0.497 e. The molecule has 1 heterocycles. The molecule has 0 bridgehead atoms. The summed E-state index contributed by atoms with van der Waals surface area (Å²) in [5, 5.41) is 11.1. The van der Waals surface area contributed by atoms with E-state index in [9.17, 15) is 18.9 Å². The van der Waals surface area contributed by atoms with Crippen molar-refractivity contribution < 1.29 is 23.2 Å². The van der Waals surface area contributed by atoms with Gasteiger partial charge in [0.15, 0.2) is 17.4 Å². The molecule has 0 fully saturated rings. The van der Waals surface area contributed by atoms with Gasteiger partial charge in [0.2, 0.25) is 0 Å². The molecule has 3 rings (SSSR count). The summed E-state index contributed by atoms with van der Waals surface area (Å²) in [7, 11) is 1.50. The molecule has 0 saturated heterocycles. The second kappa shape index (κ2) is 6.07. The number of aromatic nitrogens is 1. The van der Waals surface area contributed by atoms with Crippen molar-refractivity contribution in [3.63, 3.8) is 0 Å². The molecule has 3 aromatic rings. The lowest BCUT2D eigenvalue weighted by Gasteiger charge is -2.10. The number of methoxy groups -OCH3 is 1. The van der Waals surface area contributed by atoms with Crippen LogP contribution in [0.4, 0.5) is 14.5 Å². The molecule has 0 radical (unpaired) electrons. The smallest absolute Gasteiger partial charge is 0.275 e. The number of ether oxygens (including phenoxy) is 2. The van der Waals surface area contributed by atoms with Crippen molar-refractivity contribution in [1.82, 2.24) is 4.98 Å². The molecule has 0 spiro atoms.